The summed E-state index contributed by atoms with van der Waals surface area (Å²) in [6.45, 7) is 1.42. The molecule has 0 fully saturated rings. The van der Waals surface area contributed by atoms with Crippen LogP contribution in [-0.4, -0.2) is 25.9 Å². The van der Waals surface area contributed by atoms with Crippen LogP contribution in [0.5, 0.6) is 0 Å². The van der Waals surface area contributed by atoms with Gasteiger partial charge in [-0.15, -0.1) is 0 Å². The van der Waals surface area contributed by atoms with Crippen LogP contribution < -0.4 is 4.72 Å². The number of halogens is 1. The van der Waals surface area contributed by atoms with Crippen LogP contribution in [0.15, 0.2) is 22.7 Å². The molecule has 2 N–H and O–H groups in total. The number of hydrogen-bond donors (Lipinski definition) is 2. The van der Waals surface area contributed by atoms with Crippen molar-refractivity contribution in [2.24, 2.45) is 0 Å². The summed E-state index contributed by atoms with van der Waals surface area (Å²) in [6.07, 6.45) is 0. The standard InChI is InChI=1S/C9H12BrNO3S/c1-7-6-8(10)2-3-9(7)11-15(13,14)5-4-12/h2-3,6,11-12H,4-5H2,1H3. The number of aryl methyl sites for hydroxylation is 1. The Balaban J connectivity index is 2.90. The predicted molar refractivity (Wildman–Crippen MR) is 63.4 cm³/mol. The van der Waals surface area contributed by atoms with E-state index in [1.54, 1.807) is 12.1 Å². The summed E-state index contributed by atoms with van der Waals surface area (Å²) in [5.74, 6) is -0.289. The molecule has 1 aromatic carbocycles. The van der Waals surface area contributed by atoms with Crippen molar-refractivity contribution < 1.29 is 13.5 Å². The van der Waals surface area contributed by atoms with Crippen molar-refractivity contribution in [2.45, 2.75) is 6.92 Å². The quantitative estimate of drug-likeness (QED) is 0.884. The first-order valence-electron chi connectivity index (χ1n) is 4.32. The molecule has 0 aliphatic carbocycles. The van der Waals surface area contributed by atoms with E-state index in [1.807, 2.05) is 13.0 Å². The third kappa shape index (κ3) is 3.81. The molecule has 0 radical (unpaired) electrons. The maximum atomic E-state index is 11.4. The zero-order valence-corrected chi connectivity index (χ0v) is 10.6. The Kier molecular flexibility index (Phi) is 4.12. The molecule has 0 aliphatic heterocycles. The molecule has 15 heavy (non-hydrogen) atoms. The van der Waals surface area contributed by atoms with Gasteiger partial charge in [-0.2, -0.15) is 0 Å². The minimum absolute atomic E-state index is 0.289. The van der Waals surface area contributed by atoms with Crippen molar-refractivity contribution in [1.29, 1.82) is 0 Å². The molecule has 0 unspecified atom stereocenters. The molecule has 0 atom stereocenters. The summed E-state index contributed by atoms with van der Waals surface area (Å²) >= 11 is 3.29. The van der Waals surface area contributed by atoms with E-state index in [9.17, 15) is 8.42 Å². The fraction of sp³-hybridized carbons (Fsp3) is 0.333. The first-order chi connectivity index (χ1) is 6.94. The van der Waals surface area contributed by atoms with Gasteiger partial charge in [0, 0.05) is 4.47 Å². The molecule has 1 rings (SSSR count). The molecule has 0 heterocycles. The van der Waals surface area contributed by atoms with Gasteiger partial charge in [0.1, 0.15) is 0 Å². The predicted octanol–water partition coefficient (Wildman–Crippen LogP) is 1.49. The molecule has 6 heteroatoms. The maximum Gasteiger partial charge on any atom is 0.234 e. The Morgan fingerprint density at radius 1 is 1.47 bits per heavy atom. The average Bonchev–Trinajstić information content (AvgIpc) is 2.09. The summed E-state index contributed by atoms with van der Waals surface area (Å²) in [5, 5.41) is 8.57. The van der Waals surface area contributed by atoms with E-state index in [1.165, 1.54) is 0 Å². The van der Waals surface area contributed by atoms with Gasteiger partial charge in [0.05, 0.1) is 18.0 Å². The zero-order valence-electron chi connectivity index (χ0n) is 8.20. The van der Waals surface area contributed by atoms with Crippen LogP contribution in [0.1, 0.15) is 5.56 Å². The van der Waals surface area contributed by atoms with Crippen LogP contribution in [0.3, 0.4) is 0 Å². The number of sulfonamides is 1. The first kappa shape index (κ1) is 12.5. The lowest BCUT2D eigenvalue weighted by Crippen LogP contribution is -2.19. The van der Waals surface area contributed by atoms with Gasteiger partial charge >= 0.3 is 0 Å². The molecule has 0 saturated carbocycles. The first-order valence-corrected chi connectivity index (χ1v) is 6.76. The normalized spacial score (nSPS) is 11.4. The number of anilines is 1. The molecule has 0 aromatic heterocycles. The van der Waals surface area contributed by atoms with Crippen LogP contribution >= 0.6 is 15.9 Å². The van der Waals surface area contributed by atoms with Crippen molar-refractivity contribution in [3.63, 3.8) is 0 Å². The smallest absolute Gasteiger partial charge is 0.234 e. The van der Waals surface area contributed by atoms with Crippen LogP contribution in [-0.2, 0) is 10.0 Å². The average molecular weight is 294 g/mol. The van der Waals surface area contributed by atoms with Crippen molar-refractivity contribution in [1.82, 2.24) is 0 Å². The van der Waals surface area contributed by atoms with Crippen molar-refractivity contribution in [2.75, 3.05) is 17.1 Å². The fourth-order valence-corrected chi connectivity index (χ4v) is 2.46. The molecule has 0 bridgehead atoms. The molecule has 0 amide bonds. The highest BCUT2D eigenvalue weighted by atomic mass is 79.9. The SMILES string of the molecule is Cc1cc(Br)ccc1NS(=O)(=O)CCO. The second-order valence-electron chi connectivity index (χ2n) is 3.10. The lowest BCUT2D eigenvalue weighted by molar-refractivity contribution is 0.320. The summed E-state index contributed by atoms with van der Waals surface area (Å²) < 4.78 is 26.0. The second-order valence-corrected chi connectivity index (χ2v) is 5.86. The summed E-state index contributed by atoms with van der Waals surface area (Å²) in [6, 6.07) is 5.24. The van der Waals surface area contributed by atoms with Crippen molar-refractivity contribution in [3.8, 4) is 0 Å². The summed E-state index contributed by atoms with van der Waals surface area (Å²) in [5.41, 5.74) is 1.36. The molecular formula is C9H12BrNO3S. The van der Waals surface area contributed by atoms with Gasteiger partial charge in [-0.25, -0.2) is 8.42 Å². The third-order valence-electron chi connectivity index (χ3n) is 1.81. The third-order valence-corrected chi connectivity index (χ3v) is 3.56. The van der Waals surface area contributed by atoms with E-state index < -0.39 is 10.0 Å². The molecule has 0 spiro atoms. The topological polar surface area (TPSA) is 66.4 Å². The van der Waals surface area contributed by atoms with Crippen LogP contribution in [0.2, 0.25) is 0 Å². The molecule has 0 saturated heterocycles. The lowest BCUT2D eigenvalue weighted by atomic mass is 10.2. The largest absolute Gasteiger partial charge is 0.395 e. The van der Waals surface area contributed by atoms with Gasteiger partial charge in [-0.05, 0) is 30.7 Å². The lowest BCUT2D eigenvalue weighted by Gasteiger charge is -2.09. The summed E-state index contributed by atoms with van der Waals surface area (Å²) in [4.78, 5) is 0. The van der Waals surface area contributed by atoms with Crippen molar-refractivity contribution in [3.05, 3.63) is 28.2 Å². The Labute approximate surface area is 97.5 Å². The zero-order chi connectivity index (χ0) is 11.5. The van der Waals surface area contributed by atoms with E-state index in [0.717, 1.165) is 10.0 Å². The van der Waals surface area contributed by atoms with Gasteiger partial charge in [0.2, 0.25) is 10.0 Å². The van der Waals surface area contributed by atoms with Gasteiger partial charge in [-0.3, -0.25) is 4.72 Å². The van der Waals surface area contributed by atoms with Gasteiger partial charge in [-0.1, -0.05) is 15.9 Å². The van der Waals surface area contributed by atoms with Crippen LogP contribution in [0.25, 0.3) is 0 Å². The monoisotopic (exact) mass is 293 g/mol. The second kappa shape index (κ2) is 4.96. The van der Waals surface area contributed by atoms with E-state index in [4.69, 9.17) is 5.11 Å². The number of benzene rings is 1. The maximum absolute atomic E-state index is 11.4. The number of rotatable bonds is 4. The molecule has 1 aromatic rings. The Morgan fingerprint density at radius 2 is 2.13 bits per heavy atom. The highest BCUT2D eigenvalue weighted by Gasteiger charge is 2.10. The van der Waals surface area contributed by atoms with E-state index in [-0.39, 0.29) is 12.4 Å². The number of aliphatic hydroxyl groups excluding tert-OH is 1. The van der Waals surface area contributed by atoms with Gasteiger partial charge in [0.15, 0.2) is 0 Å². The number of hydrogen-bond acceptors (Lipinski definition) is 3. The van der Waals surface area contributed by atoms with Crippen LogP contribution in [0.4, 0.5) is 5.69 Å². The van der Waals surface area contributed by atoms with E-state index in [0.29, 0.717) is 5.69 Å². The number of nitrogens with one attached hydrogen (secondary N) is 1. The molecular weight excluding hydrogens is 282 g/mol. The van der Waals surface area contributed by atoms with Gasteiger partial charge < -0.3 is 5.11 Å². The highest BCUT2D eigenvalue weighted by molar-refractivity contribution is 9.10. The van der Waals surface area contributed by atoms with E-state index >= 15 is 0 Å². The molecule has 4 nitrogen and oxygen atoms in total. The minimum Gasteiger partial charge on any atom is -0.395 e. The van der Waals surface area contributed by atoms with E-state index in [2.05, 4.69) is 20.7 Å². The fourth-order valence-electron chi connectivity index (χ4n) is 1.08. The van der Waals surface area contributed by atoms with Crippen LogP contribution in [0, 0.1) is 6.92 Å². The van der Waals surface area contributed by atoms with Gasteiger partial charge in [0.25, 0.3) is 0 Å². The Hall–Kier alpha value is -0.590. The highest BCUT2D eigenvalue weighted by Crippen LogP contribution is 2.20. The molecule has 0 aliphatic rings. The minimum atomic E-state index is -3.44. The van der Waals surface area contributed by atoms with Crippen molar-refractivity contribution >= 4 is 31.6 Å². The Bertz CT molecular complexity index is 445. The number of aliphatic hydroxyl groups is 1. The molecule has 84 valence electrons. The Morgan fingerprint density at radius 3 is 2.67 bits per heavy atom. The summed E-state index contributed by atoms with van der Waals surface area (Å²) in [7, 11) is -3.44.